The van der Waals surface area contributed by atoms with Crippen molar-refractivity contribution < 1.29 is 9.18 Å². The highest BCUT2D eigenvalue weighted by Gasteiger charge is 2.11. The van der Waals surface area contributed by atoms with E-state index >= 15 is 0 Å². The van der Waals surface area contributed by atoms with Crippen LogP contribution in [0.2, 0.25) is 0 Å². The monoisotopic (exact) mass is 364 g/mol. The maximum atomic E-state index is 12.9. The lowest BCUT2D eigenvalue weighted by Crippen LogP contribution is -2.16. The number of hydrogen-bond acceptors (Lipinski definition) is 4. The fourth-order valence-electron chi connectivity index (χ4n) is 2.68. The Morgan fingerprint density at radius 3 is 2.63 bits per heavy atom. The number of benzene rings is 2. The van der Waals surface area contributed by atoms with Gasteiger partial charge in [0.05, 0.1) is 0 Å². The van der Waals surface area contributed by atoms with E-state index in [1.54, 1.807) is 24.4 Å². The minimum Gasteiger partial charge on any atom is -0.354 e. The molecular formula is C21H21FN4O. The summed E-state index contributed by atoms with van der Waals surface area (Å²) >= 11 is 0. The Morgan fingerprint density at radius 2 is 1.85 bits per heavy atom. The number of aromatic nitrogens is 2. The molecule has 27 heavy (non-hydrogen) atoms. The van der Waals surface area contributed by atoms with Crippen molar-refractivity contribution in [2.24, 2.45) is 0 Å². The van der Waals surface area contributed by atoms with Gasteiger partial charge in [0.2, 0.25) is 5.95 Å². The highest BCUT2D eigenvalue weighted by molar-refractivity contribution is 6.03. The maximum Gasteiger partial charge on any atom is 0.274 e. The first-order chi connectivity index (χ1) is 13.2. The van der Waals surface area contributed by atoms with Crippen LogP contribution in [0.15, 0.2) is 60.8 Å². The normalized spacial score (nSPS) is 10.4. The average molecular weight is 364 g/mol. The molecule has 0 bridgehead atoms. The van der Waals surface area contributed by atoms with Gasteiger partial charge in [-0.25, -0.2) is 14.4 Å². The summed E-state index contributed by atoms with van der Waals surface area (Å²) in [6.07, 6.45) is 3.08. The SMILES string of the molecule is CCc1ccccc1NC(=O)c1ccnc(NCCc2ccc(F)cc2)n1. The first kappa shape index (κ1) is 18.5. The van der Waals surface area contributed by atoms with Crippen LogP contribution in [-0.4, -0.2) is 22.4 Å². The molecular weight excluding hydrogens is 343 g/mol. The Balaban J connectivity index is 1.60. The van der Waals surface area contributed by atoms with Crippen molar-refractivity contribution in [1.29, 1.82) is 0 Å². The Morgan fingerprint density at radius 1 is 1.07 bits per heavy atom. The number of halogens is 1. The number of nitrogens with one attached hydrogen (secondary N) is 2. The summed E-state index contributed by atoms with van der Waals surface area (Å²) in [5.74, 6) is -0.146. The number of rotatable bonds is 7. The lowest BCUT2D eigenvalue weighted by molar-refractivity contribution is 0.102. The van der Waals surface area contributed by atoms with E-state index in [2.05, 4.69) is 20.6 Å². The van der Waals surface area contributed by atoms with Gasteiger partial charge in [0.15, 0.2) is 0 Å². The molecule has 1 amide bonds. The van der Waals surface area contributed by atoms with E-state index in [-0.39, 0.29) is 11.7 Å². The zero-order valence-electron chi connectivity index (χ0n) is 15.1. The third-order valence-electron chi connectivity index (χ3n) is 4.14. The summed E-state index contributed by atoms with van der Waals surface area (Å²) in [7, 11) is 0. The summed E-state index contributed by atoms with van der Waals surface area (Å²) in [5.41, 5.74) is 3.15. The Kier molecular flexibility index (Phi) is 6.10. The van der Waals surface area contributed by atoms with Crippen LogP contribution in [0, 0.1) is 5.82 Å². The van der Waals surface area contributed by atoms with Crippen LogP contribution >= 0.6 is 0 Å². The molecule has 0 saturated carbocycles. The number of anilines is 2. The van der Waals surface area contributed by atoms with E-state index in [1.807, 2.05) is 31.2 Å². The summed E-state index contributed by atoms with van der Waals surface area (Å²) in [6, 6.07) is 15.6. The van der Waals surface area contributed by atoms with E-state index in [9.17, 15) is 9.18 Å². The molecule has 0 atom stereocenters. The topological polar surface area (TPSA) is 66.9 Å². The van der Waals surface area contributed by atoms with Gasteiger partial charge in [0, 0.05) is 18.4 Å². The standard InChI is InChI=1S/C21H21FN4O/c1-2-16-5-3-4-6-18(16)25-20(27)19-12-14-24-21(26-19)23-13-11-15-7-9-17(22)10-8-15/h3-10,12,14H,2,11,13H2,1H3,(H,25,27)(H,23,24,26). The summed E-state index contributed by atoms with van der Waals surface area (Å²) in [4.78, 5) is 20.9. The molecule has 5 nitrogen and oxygen atoms in total. The number of hydrogen-bond donors (Lipinski definition) is 2. The molecule has 1 aromatic heterocycles. The Bertz CT molecular complexity index is 912. The third kappa shape index (κ3) is 5.10. The van der Waals surface area contributed by atoms with Crippen LogP contribution in [0.25, 0.3) is 0 Å². The van der Waals surface area contributed by atoms with Crippen molar-refractivity contribution in [1.82, 2.24) is 9.97 Å². The Labute approximate surface area is 157 Å². The van der Waals surface area contributed by atoms with Gasteiger partial charge >= 0.3 is 0 Å². The van der Waals surface area contributed by atoms with E-state index in [4.69, 9.17) is 0 Å². The van der Waals surface area contributed by atoms with Crippen LogP contribution in [0.3, 0.4) is 0 Å². The molecule has 0 saturated heterocycles. The molecule has 2 aromatic carbocycles. The molecule has 0 radical (unpaired) electrons. The van der Waals surface area contributed by atoms with Gasteiger partial charge in [-0.2, -0.15) is 0 Å². The molecule has 3 rings (SSSR count). The van der Waals surface area contributed by atoms with E-state index in [0.717, 1.165) is 23.2 Å². The van der Waals surface area contributed by atoms with Crippen LogP contribution in [0.4, 0.5) is 16.0 Å². The lowest BCUT2D eigenvalue weighted by atomic mass is 10.1. The number of carbonyl (C=O) groups excluding carboxylic acids is 1. The van der Waals surface area contributed by atoms with Crippen LogP contribution in [-0.2, 0) is 12.8 Å². The van der Waals surface area contributed by atoms with Crippen molar-refractivity contribution in [2.45, 2.75) is 19.8 Å². The quantitative estimate of drug-likeness (QED) is 0.663. The first-order valence-electron chi connectivity index (χ1n) is 8.86. The van der Waals surface area contributed by atoms with Crippen molar-refractivity contribution in [3.05, 3.63) is 83.4 Å². The van der Waals surface area contributed by atoms with Gasteiger partial charge in [-0.05, 0) is 48.2 Å². The molecule has 0 aliphatic heterocycles. The largest absolute Gasteiger partial charge is 0.354 e. The first-order valence-corrected chi connectivity index (χ1v) is 8.86. The zero-order valence-corrected chi connectivity index (χ0v) is 15.1. The van der Waals surface area contributed by atoms with E-state index in [1.165, 1.54) is 12.1 Å². The number of carbonyl (C=O) groups is 1. The molecule has 0 spiro atoms. The van der Waals surface area contributed by atoms with Crippen molar-refractivity contribution in [3.63, 3.8) is 0 Å². The lowest BCUT2D eigenvalue weighted by Gasteiger charge is -2.10. The molecule has 2 N–H and O–H groups in total. The number of para-hydroxylation sites is 1. The number of amides is 1. The molecule has 138 valence electrons. The predicted octanol–water partition coefficient (Wildman–Crippen LogP) is 4.09. The zero-order chi connectivity index (χ0) is 19.1. The van der Waals surface area contributed by atoms with E-state index in [0.29, 0.717) is 24.6 Å². The average Bonchev–Trinajstić information content (AvgIpc) is 2.70. The van der Waals surface area contributed by atoms with E-state index < -0.39 is 0 Å². The number of aryl methyl sites for hydroxylation is 1. The third-order valence-corrected chi connectivity index (χ3v) is 4.14. The molecule has 0 unspecified atom stereocenters. The second kappa shape index (κ2) is 8.89. The van der Waals surface area contributed by atoms with Gasteiger partial charge in [-0.3, -0.25) is 4.79 Å². The molecule has 6 heteroatoms. The van der Waals surface area contributed by atoms with Gasteiger partial charge in [0.25, 0.3) is 5.91 Å². The fraction of sp³-hybridized carbons (Fsp3) is 0.190. The van der Waals surface area contributed by atoms with Gasteiger partial charge < -0.3 is 10.6 Å². The van der Waals surface area contributed by atoms with Crippen LogP contribution in [0.5, 0.6) is 0 Å². The number of nitrogens with zero attached hydrogens (tertiary/aromatic N) is 2. The van der Waals surface area contributed by atoms with Gasteiger partial charge in [-0.1, -0.05) is 37.3 Å². The minimum absolute atomic E-state index is 0.251. The minimum atomic E-state index is -0.278. The van der Waals surface area contributed by atoms with Crippen LogP contribution < -0.4 is 10.6 Å². The molecule has 0 fully saturated rings. The van der Waals surface area contributed by atoms with Crippen molar-refractivity contribution >= 4 is 17.5 Å². The van der Waals surface area contributed by atoms with Crippen LogP contribution in [0.1, 0.15) is 28.5 Å². The smallest absolute Gasteiger partial charge is 0.274 e. The molecule has 3 aromatic rings. The molecule has 1 heterocycles. The fourth-order valence-corrected chi connectivity index (χ4v) is 2.68. The van der Waals surface area contributed by atoms with Crippen molar-refractivity contribution in [3.8, 4) is 0 Å². The summed E-state index contributed by atoms with van der Waals surface area (Å²) in [5, 5.41) is 5.99. The highest BCUT2D eigenvalue weighted by atomic mass is 19.1. The van der Waals surface area contributed by atoms with Gasteiger partial charge in [-0.15, -0.1) is 0 Å². The van der Waals surface area contributed by atoms with Gasteiger partial charge in [0.1, 0.15) is 11.5 Å². The van der Waals surface area contributed by atoms with Crippen molar-refractivity contribution in [2.75, 3.05) is 17.2 Å². The second-order valence-corrected chi connectivity index (χ2v) is 6.03. The highest BCUT2D eigenvalue weighted by Crippen LogP contribution is 2.16. The predicted molar refractivity (Wildman–Crippen MR) is 104 cm³/mol. The maximum absolute atomic E-state index is 12.9. The molecule has 0 aliphatic carbocycles. The Hall–Kier alpha value is -3.28. The second-order valence-electron chi connectivity index (χ2n) is 6.03. The summed E-state index contributed by atoms with van der Waals surface area (Å²) < 4.78 is 12.9. The molecule has 0 aliphatic rings. The summed E-state index contributed by atoms with van der Waals surface area (Å²) in [6.45, 7) is 2.62.